The highest BCUT2D eigenvalue weighted by atomic mass is 32.1. The monoisotopic (exact) mass is 375 g/mol. The van der Waals surface area contributed by atoms with Crippen LogP contribution in [0.5, 0.6) is 0 Å². The van der Waals surface area contributed by atoms with Gasteiger partial charge in [0.2, 0.25) is 5.82 Å². The molecule has 3 aromatic rings. The maximum Gasteiger partial charge on any atom is 0.291 e. The molecule has 3 heterocycles. The highest BCUT2D eigenvalue weighted by molar-refractivity contribution is 7.19. The van der Waals surface area contributed by atoms with Crippen molar-refractivity contribution in [1.82, 2.24) is 24.9 Å². The Kier molecular flexibility index (Phi) is 4.84. The van der Waals surface area contributed by atoms with Gasteiger partial charge in [-0.15, -0.1) is 16.4 Å². The molecular formula is C17H21N5O3S. The number of thiophene rings is 1. The Hall–Kier alpha value is -2.10. The van der Waals surface area contributed by atoms with Crippen molar-refractivity contribution >= 4 is 33.1 Å². The largest absolute Gasteiger partial charge is 0.394 e. The van der Waals surface area contributed by atoms with Crippen molar-refractivity contribution in [2.45, 2.75) is 32.1 Å². The fourth-order valence-corrected chi connectivity index (χ4v) is 4.76. The van der Waals surface area contributed by atoms with Gasteiger partial charge < -0.3 is 15.2 Å². The molecule has 8 nitrogen and oxygen atoms in total. The van der Waals surface area contributed by atoms with Crippen LogP contribution in [0, 0.1) is 0 Å². The van der Waals surface area contributed by atoms with Crippen molar-refractivity contribution in [3.63, 3.8) is 0 Å². The first-order chi connectivity index (χ1) is 12.7. The fourth-order valence-electron chi connectivity index (χ4n) is 3.46. The van der Waals surface area contributed by atoms with Gasteiger partial charge in [0.05, 0.1) is 25.2 Å². The van der Waals surface area contributed by atoms with Crippen LogP contribution in [0.3, 0.4) is 0 Å². The van der Waals surface area contributed by atoms with Crippen LogP contribution < -0.4 is 5.32 Å². The molecule has 9 heteroatoms. The van der Waals surface area contributed by atoms with E-state index in [1.54, 1.807) is 22.2 Å². The maximum absolute atomic E-state index is 12.3. The van der Waals surface area contributed by atoms with E-state index in [-0.39, 0.29) is 24.9 Å². The molecule has 0 radical (unpaired) electrons. The zero-order valence-corrected chi connectivity index (χ0v) is 15.4. The Morgan fingerprint density at radius 1 is 1.50 bits per heavy atom. The second-order valence-electron chi connectivity index (χ2n) is 6.45. The minimum Gasteiger partial charge on any atom is -0.394 e. The van der Waals surface area contributed by atoms with Gasteiger partial charge in [0.25, 0.3) is 5.91 Å². The molecule has 1 aliphatic rings. The molecular weight excluding hydrogens is 354 g/mol. The Morgan fingerprint density at radius 3 is 3.23 bits per heavy atom. The van der Waals surface area contributed by atoms with E-state index < -0.39 is 0 Å². The third kappa shape index (κ3) is 3.06. The second kappa shape index (κ2) is 7.26. The summed E-state index contributed by atoms with van der Waals surface area (Å²) in [6.07, 6.45) is 5.08. The number of carbonyl (C=O) groups excluding carboxylic acids is 1. The number of aromatic nitrogens is 4. The van der Waals surface area contributed by atoms with Crippen LogP contribution >= 0.6 is 11.3 Å². The third-order valence-corrected chi connectivity index (χ3v) is 5.82. The zero-order valence-electron chi connectivity index (χ0n) is 14.6. The van der Waals surface area contributed by atoms with Crippen molar-refractivity contribution in [3.05, 3.63) is 22.6 Å². The van der Waals surface area contributed by atoms with Crippen molar-refractivity contribution in [2.75, 3.05) is 26.4 Å². The topological polar surface area (TPSA) is 102 Å². The van der Waals surface area contributed by atoms with Gasteiger partial charge in [-0.1, -0.05) is 6.92 Å². The van der Waals surface area contributed by atoms with Gasteiger partial charge in [-0.2, -0.15) is 0 Å². The summed E-state index contributed by atoms with van der Waals surface area (Å²) >= 11 is 1.73. The number of hydrogen-bond acceptors (Lipinski definition) is 7. The molecule has 0 fully saturated rings. The van der Waals surface area contributed by atoms with E-state index in [9.17, 15) is 4.79 Å². The molecule has 0 aliphatic heterocycles. The highest BCUT2D eigenvalue weighted by Crippen LogP contribution is 2.42. The van der Waals surface area contributed by atoms with Crippen LogP contribution in [0.4, 0.5) is 0 Å². The Labute approximate surface area is 154 Å². The number of aryl methyl sites for hydroxylation is 1. The van der Waals surface area contributed by atoms with Gasteiger partial charge in [-0.3, -0.25) is 4.79 Å². The number of nitrogens with one attached hydrogen (secondary N) is 1. The van der Waals surface area contributed by atoms with Gasteiger partial charge in [0.1, 0.15) is 11.2 Å². The first-order valence-corrected chi connectivity index (χ1v) is 9.64. The predicted octanol–water partition coefficient (Wildman–Crippen LogP) is 1.52. The molecule has 0 saturated heterocycles. The van der Waals surface area contributed by atoms with Gasteiger partial charge in [-0.25, -0.2) is 14.5 Å². The van der Waals surface area contributed by atoms with Crippen LogP contribution in [-0.4, -0.2) is 57.0 Å². The number of rotatable bonds is 6. The lowest BCUT2D eigenvalue weighted by atomic mass is 9.87. The number of ether oxygens (including phenoxy) is 1. The van der Waals surface area contributed by atoms with Gasteiger partial charge in [0, 0.05) is 11.4 Å². The molecule has 0 bridgehead atoms. The molecule has 0 aromatic carbocycles. The van der Waals surface area contributed by atoms with Crippen molar-refractivity contribution in [2.24, 2.45) is 0 Å². The average Bonchev–Trinajstić information content (AvgIpc) is 3.22. The van der Waals surface area contributed by atoms with Crippen LogP contribution in [0.15, 0.2) is 6.33 Å². The molecule has 3 aromatic heterocycles. The molecule has 0 spiro atoms. The fraction of sp³-hybridized carbons (Fsp3) is 0.529. The van der Waals surface area contributed by atoms with Gasteiger partial charge in [0.15, 0.2) is 5.65 Å². The summed E-state index contributed by atoms with van der Waals surface area (Å²) in [5, 5.41) is 16.7. The molecule has 1 unspecified atom stereocenters. The summed E-state index contributed by atoms with van der Waals surface area (Å²) in [4.78, 5) is 23.7. The molecule has 138 valence electrons. The molecule has 2 N–H and O–H groups in total. The SMILES string of the molecule is CC1CCCc2sc3ncn4nc(C(=O)NCCOCCO)nc4c3c21. The summed E-state index contributed by atoms with van der Waals surface area (Å²) in [5.41, 5.74) is 2.02. The lowest BCUT2D eigenvalue weighted by Gasteiger charge is -2.18. The molecule has 0 saturated carbocycles. The zero-order chi connectivity index (χ0) is 18.1. The van der Waals surface area contributed by atoms with Crippen molar-refractivity contribution < 1.29 is 14.6 Å². The molecule has 4 rings (SSSR count). The Morgan fingerprint density at radius 2 is 2.38 bits per heavy atom. The van der Waals surface area contributed by atoms with E-state index >= 15 is 0 Å². The Balaban J connectivity index is 1.63. The van der Waals surface area contributed by atoms with Gasteiger partial charge in [-0.05, 0) is 30.7 Å². The second-order valence-corrected chi connectivity index (χ2v) is 7.54. The molecule has 1 atom stereocenters. The lowest BCUT2D eigenvalue weighted by molar-refractivity contribution is 0.0832. The first kappa shape index (κ1) is 17.3. The van der Waals surface area contributed by atoms with E-state index in [1.807, 2.05) is 0 Å². The van der Waals surface area contributed by atoms with Crippen LogP contribution in [0.2, 0.25) is 0 Å². The summed E-state index contributed by atoms with van der Waals surface area (Å²) in [5.74, 6) is 0.259. The summed E-state index contributed by atoms with van der Waals surface area (Å²) in [6.45, 7) is 3.14. The van der Waals surface area contributed by atoms with E-state index in [4.69, 9.17) is 9.84 Å². The minimum absolute atomic E-state index is 0.0334. The summed E-state index contributed by atoms with van der Waals surface area (Å²) in [6, 6.07) is 0. The maximum atomic E-state index is 12.3. The van der Waals surface area contributed by atoms with E-state index in [1.165, 1.54) is 16.9 Å². The quantitative estimate of drug-likeness (QED) is 0.634. The predicted molar refractivity (Wildman–Crippen MR) is 97.8 cm³/mol. The third-order valence-electron chi connectivity index (χ3n) is 4.65. The van der Waals surface area contributed by atoms with Gasteiger partial charge >= 0.3 is 0 Å². The number of nitrogens with zero attached hydrogens (tertiary/aromatic N) is 4. The minimum atomic E-state index is -0.341. The summed E-state index contributed by atoms with van der Waals surface area (Å²) < 4.78 is 6.72. The number of amides is 1. The smallest absolute Gasteiger partial charge is 0.291 e. The van der Waals surface area contributed by atoms with E-state index in [0.717, 1.165) is 23.1 Å². The average molecular weight is 375 g/mol. The van der Waals surface area contributed by atoms with Crippen LogP contribution in [0.25, 0.3) is 15.9 Å². The van der Waals surface area contributed by atoms with E-state index in [2.05, 4.69) is 27.3 Å². The lowest BCUT2D eigenvalue weighted by Crippen LogP contribution is -2.28. The molecule has 1 aliphatic carbocycles. The molecule has 26 heavy (non-hydrogen) atoms. The highest BCUT2D eigenvalue weighted by Gasteiger charge is 2.25. The summed E-state index contributed by atoms with van der Waals surface area (Å²) in [7, 11) is 0. The number of fused-ring (bicyclic) bond motifs is 5. The van der Waals surface area contributed by atoms with E-state index in [0.29, 0.717) is 24.7 Å². The number of aliphatic hydroxyl groups excluding tert-OH is 1. The molecule has 1 amide bonds. The van der Waals surface area contributed by atoms with Crippen LogP contribution in [0.1, 0.15) is 46.7 Å². The number of aliphatic hydroxyl groups is 1. The Bertz CT molecular complexity index is 951. The van der Waals surface area contributed by atoms with Crippen molar-refractivity contribution in [1.29, 1.82) is 0 Å². The standard InChI is InChI=1S/C17H21N5O3S/c1-10-3-2-4-11-12(10)13-15-20-14(16(24)18-5-7-25-8-6-23)21-22(15)9-19-17(13)26-11/h9-10,23H,2-8H2,1H3,(H,18,24). The van der Waals surface area contributed by atoms with Crippen molar-refractivity contribution in [3.8, 4) is 0 Å². The first-order valence-electron chi connectivity index (χ1n) is 8.82. The number of carbonyl (C=O) groups is 1. The number of hydrogen-bond donors (Lipinski definition) is 2. The van der Waals surface area contributed by atoms with Crippen LogP contribution in [-0.2, 0) is 11.2 Å². The normalized spacial score (nSPS) is 16.9.